The number of halogens is 1. The molecular formula is C15H20BrNO2. The average Bonchev–Trinajstić information content (AvgIpc) is 2.39. The monoisotopic (exact) mass is 325 g/mol. The van der Waals surface area contributed by atoms with Crippen LogP contribution in [-0.4, -0.2) is 11.7 Å². The first-order valence-electron chi connectivity index (χ1n) is 6.42. The first kappa shape index (κ1) is 16.0. The summed E-state index contributed by atoms with van der Waals surface area (Å²) in [4.78, 5) is 0. The summed E-state index contributed by atoms with van der Waals surface area (Å²) < 4.78 is 6.58. The molecule has 0 spiro atoms. The summed E-state index contributed by atoms with van der Waals surface area (Å²) in [6.45, 7) is 4.46. The highest BCUT2D eigenvalue weighted by Crippen LogP contribution is 2.29. The number of unbranched alkanes of at least 4 members (excludes halogenated alkanes) is 1. The Kier molecular flexibility index (Phi) is 6.33. The molecule has 3 nitrogen and oxygen atoms in total. The summed E-state index contributed by atoms with van der Waals surface area (Å²) >= 11 is 3.42. The normalized spacial score (nSPS) is 11.1. The van der Waals surface area contributed by atoms with Gasteiger partial charge < -0.3 is 9.84 Å². The molecule has 0 saturated heterocycles. The van der Waals surface area contributed by atoms with Gasteiger partial charge in [0.25, 0.3) is 0 Å². The maximum Gasteiger partial charge on any atom is 0.138 e. The lowest BCUT2D eigenvalue weighted by Crippen LogP contribution is -2.08. The standard InChI is InChI=1S/C15H20BrNO2/c1-15(2,11-17)8-3-4-9-19-14-12(10-18)6-5-7-13(14)16/h5-7,18H,3-4,8-10H2,1-2H3. The Morgan fingerprint density at radius 2 is 2.11 bits per heavy atom. The first-order valence-corrected chi connectivity index (χ1v) is 7.22. The summed E-state index contributed by atoms with van der Waals surface area (Å²) in [7, 11) is 0. The number of para-hydroxylation sites is 1. The minimum atomic E-state index is -0.260. The molecule has 0 atom stereocenters. The number of ether oxygens (including phenoxy) is 1. The second kappa shape index (κ2) is 7.52. The van der Waals surface area contributed by atoms with E-state index >= 15 is 0 Å². The van der Waals surface area contributed by atoms with Gasteiger partial charge in [0, 0.05) is 5.56 Å². The third kappa shape index (κ3) is 5.22. The Hall–Kier alpha value is -1.05. The SMILES string of the molecule is CC(C)(C#N)CCCCOc1c(Br)cccc1CO. The Labute approximate surface area is 123 Å². The van der Waals surface area contributed by atoms with Gasteiger partial charge in [-0.1, -0.05) is 12.1 Å². The van der Waals surface area contributed by atoms with Crippen molar-refractivity contribution in [2.24, 2.45) is 5.41 Å². The number of nitriles is 1. The van der Waals surface area contributed by atoms with Crippen LogP contribution in [0.25, 0.3) is 0 Å². The lowest BCUT2D eigenvalue weighted by Gasteiger charge is -2.15. The number of benzene rings is 1. The third-order valence-electron chi connectivity index (χ3n) is 2.96. The second-order valence-corrected chi connectivity index (χ2v) is 6.04. The van der Waals surface area contributed by atoms with Crippen LogP contribution in [-0.2, 0) is 6.61 Å². The molecule has 19 heavy (non-hydrogen) atoms. The molecule has 0 bridgehead atoms. The van der Waals surface area contributed by atoms with E-state index in [0.29, 0.717) is 12.4 Å². The van der Waals surface area contributed by atoms with Crippen molar-refractivity contribution in [3.8, 4) is 11.8 Å². The van der Waals surface area contributed by atoms with Gasteiger partial charge in [0.05, 0.1) is 29.2 Å². The van der Waals surface area contributed by atoms with E-state index in [1.807, 2.05) is 32.0 Å². The lowest BCUT2D eigenvalue weighted by molar-refractivity contribution is 0.257. The van der Waals surface area contributed by atoms with Gasteiger partial charge in [-0.3, -0.25) is 0 Å². The fourth-order valence-corrected chi connectivity index (χ4v) is 2.26. The minimum absolute atomic E-state index is 0.0315. The first-order chi connectivity index (χ1) is 9.00. The highest BCUT2D eigenvalue weighted by atomic mass is 79.9. The number of hydrogen-bond acceptors (Lipinski definition) is 3. The second-order valence-electron chi connectivity index (χ2n) is 5.19. The molecule has 0 aliphatic carbocycles. The molecule has 0 aromatic heterocycles. The summed E-state index contributed by atoms with van der Waals surface area (Å²) in [5.41, 5.74) is 0.524. The molecule has 1 aromatic carbocycles. The highest BCUT2D eigenvalue weighted by Gasteiger charge is 2.15. The van der Waals surface area contributed by atoms with E-state index < -0.39 is 0 Å². The zero-order chi connectivity index (χ0) is 14.3. The maximum atomic E-state index is 9.25. The van der Waals surface area contributed by atoms with Crippen molar-refractivity contribution in [1.82, 2.24) is 0 Å². The summed E-state index contributed by atoms with van der Waals surface area (Å²) in [6.07, 6.45) is 2.73. The van der Waals surface area contributed by atoms with Crippen molar-refractivity contribution >= 4 is 15.9 Å². The minimum Gasteiger partial charge on any atom is -0.492 e. The number of aliphatic hydroxyl groups is 1. The van der Waals surface area contributed by atoms with Gasteiger partial charge in [-0.25, -0.2) is 0 Å². The number of aliphatic hydroxyl groups excluding tert-OH is 1. The Bertz CT molecular complexity index is 452. The largest absolute Gasteiger partial charge is 0.492 e. The lowest BCUT2D eigenvalue weighted by atomic mass is 9.89. The Morgan fingerprint density at radius 3 is 2.74 bits per heavy atom. The molecular weight excluding hydrogens is 306 g/mol. The Balaban J connectivity index is 2.40. The number of nitrogens with zero attached hydrogens (tertiary/aromatic N) is 1. The van der Waals surface area contributed by atoms with Gasteiger partial charge in [-0.05, 0) is 55.1 Å². The summed E-state index contributed by atoms with van der Waals surface area (Å²) in [5, 5.41) is 18.2. The maximum absolute atomic E-state index is 9.25. The molecule has 0 saturated carbocycles. The molecule has 4 heteroatoms. The van der Waals surface area contributed by atoms with Gasteiger partial charge in [0.15, 0.2) is 0 Å². The van der Waals surface area contributed by atoms with Crippen molar-refractivity contribution in [2.75, 3.05) is 6.61 Å². The van der Waals surface area contributed by atoms with Gasteiger partial charge in [0.1, 0.15) is 5.75 Å². The van der Waals surface area contributed by atoms with E-state index in [2.05, 4.69) is 22.0 Å². The third-order valence-corrected chi connectivity index (χ3v) is 3.59. The van der Waals surface area contributed by atoms with Crippen LogP contribution in [0.3, 0.4) is 0 Å². The van der Waals surface area contributed by atoms with Crippen LogP contribution < -0.4 is 4.74 Å². The molecule has 0 fully saturated rings. The summed E-state index contributed by atoms with van der Waals surface area (Å²) in [6, 6.07) is 7.91. The van der Waals surface area contributed by atoms with Crippen molar-refractivity contribution < 1.29 is 9.84 Å². The van der Waals surface area contributed by atoms with Crippen LogP contribution in [0.15, 0.2) is 22.7 Å². The molecule has 0 heterocycles. The molecule has 1 aromatic rings. The van der Waals surface area contributed by atoms with E-state index in [9.17, 15) is 5.11 Å². The van der Waals surface area contributed by atoms with Crippen molar-refractivity contribution in [3.05, 3.63) is 28.2 Å². The van der Waals surface area contributed by atoms with Crippen LogP contribution in [0.4, 0.5) is 0 Å². The van der Waals surface area contributed by atoms with Crippen LogP contribution >= 0.6 is 15.9 Å². The summed E-state index contributed by atoms with van der Waals surface area (Å²) in [5.74, 6) is 0.713. The van der Waals surface area contributed by atoms with Gasteiger partial charge in [0.2, 0.25) is 0 Å². The average molecular weight is 326 g/mol. The fraction of sp³-hybridized carbons (Fsp3) is 0.533. The Morgan fingerprint density at radius 1 is 1.37 bits per heavy atom. The molecule has 0 unspecified atom stereocenters. The zero-order valence-electron chi connectivity index (χ0n) is 11.4. The van der Waals surface area contributed by atoms with Gasteiger partial charge in [-0.15, -0.1) is 0 Å². The van der Waals surface area contributed by atoms with Crippen LogP contribution in [0.2, 0.25) is 0 Å². The van der Waals surface area contributed by atoms with E-state index in [1.165, 1.54) is 0 Å². The van der Waals surface area contributed by atoms with Crippen LogP contribution in [0.5, 0.6) is 5.75 Å². The van der Waals surface area contributed by atoms with E-state index in [1.54, 1.807) is 0 Å². The molecule has 0 aliphatic heterocycles. The molecule has 0 radical (unpaired) electrons. The number of hydrogen-bond donors (Lipinski definition) is 1. The zero-order valence-corrected chi connectivity index (χ0v) is 13.0. The van der Waals surface area contributed by atoms with E-state index in [4.69, 9.17) is 10.00 Å². The van der Waals surface area contributed by atoms with E-state index in [-0.39, 0.29) is 12.0 Å². The molecule has 0 aliphatic rings. The molecule has 104 valence electrons. The van der Waals surface area contributed by atoms with Crippen molar-refractivity contribution in [1.29, 1.82) is 5.26 Å². The predicted octanol–water partition coefficient (Wildman–Crippen LogP) is 4.04. The van der Waals surface area contributed by atoms with Gasteiger partial charge in [-0.2, -0.15) is 5.26 Å². The number of rotatable bonds is 7. The molecule has 0 amide bonds. The van der Waals surface area contributed by atoms with Crippen LogP contribution in [0.1, 0.15) is 38.7 Å². The molecule has 1 rings (SSSR count). The van der Waals surface area contributed by atoms with Crippen LogP contribution in [0, 0.1) is 16.7 Å². The van der Waals surface area contributed by atoms with Crippen molar-refractivity contribution in [2.45, 2.75) is 39.7 Å². The smallest absolute Gasteiger partial charge is 0.138 e. The van der Waals surface area contributed by atoms with E-state index in [0.717, 1.165) is 29.3 Å². The topological polar surface area (TPSA) is 53.2 Å². The van der Waals surface area contributed by atoms with Crippen molar-refractivity contribution in [3.63, 3.8) is 0 Å². The fourth-order valence-electron chi connectivity index (χ4n) is 1.74. The quantitative estimate of drug-likeness (QED) is 0.769. The van der Waals surface area contributed by atoms with Gasteiger partial charge >= 0.3 is 0 Å². The highest BCUT2D eigenvalue weighted by molar-refractivity contribution is 9.10. The molecule has 1 N–H and O–H groups in total. The predicted molar refractivity (Wildman–Crippen MR) is 78.8 cm³/mol.